The first kappa shape index (κ1) is 10.9. The third-order valence-corrected chi connectivity index (χ3v) is 1.28. The van der Waals surface area contributed by atoms with E-state index in [4.69, 9.17) is 22.1 Å². The molecule has 0 aromatic carbocycles. The van der Waals surface area contributed by atoms with E-state index < -0.39 is 0 Å². The number of hydrogen-bond donors (Lipinski definition) is 0. The zero-order valence-corrected chi connectivity index (χ0v) is 7.21. The monoisotopic (exact) mass is 158 g/mol. The van der Waals surface area contributed by atoms with Crippen LogP contribution in [0.15, 0.2) is 0 Å². The van der Waals surface area contributed by atoms with Crippen molar-refractivity contribution in [2.24, 2.45) is 5.92 Å². The van der Waals surface area contributed by atoms with Gasteiger partial charge in [0.15, 0.2) is 0 Å². The molecule has 0 saturated carbocycles. The zero-order chi connectivity index (χ0) is 8.53. The highest BCUT2D eigenvalue weighted by atomic mass is 16.5. The van der Waals surface area contributed by atoms with Gasteiger partial charge in [-0.1, -0.05) is 0 Å². The predicted octanol–water partition coefficient (Wildman–Crippen LogP) is 0.0380. The fourth-order valence-electron chi connectivity index (χ4n) is 0.850. The van der Waals surface area contributed by atoms with Crippen molar-refractivity contribution in [3.8, 4) is 0 Å². The van der Waals surface area contributed by atoms with Gasteiger partial charge in [-0.2, -0.15) is 0 Å². The maximum Gasteiger partial charge on any atom is 0.104 e. The van der Waals surface area contributed by atoms with Crippen LogP contribution in [0.1, 0.15) is 0 Å². The Morgan fingerprint density at radius 1 is 1.09 bits per heavy atom. The van der Waals surface area contributed by atoms with Gasteiger partial charge in [0, 0.05) is 26.6 Å². The molecule has 0 aliphatic heterocycles. The van der Waals surface area contributed by atoms with E-state index in [1.165, 1.54) is 0 Å². The second kappa shape index (κ2) is 8.05. The largest absolute Gasteiger partial charge is 0.391 e. The first-order chi connectivity index (χ1) is 5.35. The molecule has 0 N–H and O–H groups in total. The molecule has 2 radical (unpaired) electrons. The molecular weight excluding hydrogens is 143 g/mol. The summed E-state index contributed by atoms with van der Waals surface area (Å²) in [5, 5.41) is 0. The molecule has 4 heteroatoms. The molecule has 0 spiro atoms. The highest BCUT2D eigenvalue weighted by molar-refractivity contribution is 6.08. The summed E-state index contributed by atoms with van der Waals surface area (Å²) in [6.07, 6.45) is 0. The highest BCUT2D eigenvalue weighted by Crippen LogP contribution is 1.98. The Bertz CT molecular complexity index is 74.1. The van der Waals surface area contributed by atoms with Crippen molar-refractivity contribution < 1.29 is 14.2 Å². The SMILES string of the molecule is [B]COCC(COC)COC. The Morgan fingerprint density at radius 2 is 1.64 bits per heavy atom. The van der Waals surface area contributed by atoms with Crippen LogP contribution in [0.4, 0.5) is 0 Å². The second-order valence-corrected chi connectivity index (χ2v) is 2.31. The van der Waals surface area contributed by atoms with Gasteiger partial charge in [-0.3, -0.25) is 0 Å². The van der Waals surface area contributed by atoms with Gasteiger partial charge in [0.25, 0.3) is 0 Å². The molecule has 0 unspecified atom stereocenters. The maximum absolute atomic E-state index is 5.17. The summed E-state index contributed by atoms with van der Waals surface area (Å²) < 4.78 is 14.9. The van der Waals surface area contributed by atoms with Crippen LogP contribution in [-0.2, 0) is 14.2 Å². The Balaban J connectivity index is 3.34. The minimum absolute atomic E-state index is 0.254. The van der Waals surface area contributed by atoms with E-state index in [2.05, 4.69) is 0 Å². The highest BCUT2D eigenvalue weighted by Gasteiger charge is 2.06. The smallest absolute Gasteiger partial charge is 0.104 e. The molecule has 64 valence electrons. The van der Waals surface area contributed by atoms with Crippen LogP contribution in [0.2, 0.25) is 0 Å². The normalized spacial score (nSPS) is 10.8. The van der Waals surface area contributed by atoms with Crippen LogP contribution in [0.25, 0.3) is 0 Å². The van der Waals surface area contributed by atoms with E-state index in [-0.39, 0.29) is 12.4 Å². The molecule has 11 heavy (non-hydrogen) atoms. The standard InChI is InChI=1S/C7H15BO3/c1-9-3-7(4-10-2)5-11-6-8/h7H,3-6H2,1-2H3. The fraction of sp³-hybridized carbons (Fsp3) is 1.00. The molecule has 0 heterocycles. The van der Waals surface area contributed by atoms with Crippen molar-refractivity contribution in [2.45, 2.75) is 0 Å². The molecule has 0 aromatic heterocycles. The third-order valence-electron chi connectivity index (χ3n) is 1.28. The van der Waals surface area contributed by atoms with Crippen molar-refractivity contribution in [1.29, 1.82) is 0 Å². The number of hydrogen-bond acceptors (Lipinski definition) is 3. The van der Waals surface area contributed by atoms with E-state index >= 15 is 0 Å². The van der Waals surface area contributed by atoms with Gasteiger partial charge < -0.3 is 14.2 Å². The van der Waals surface area contributed by atoms with Gasteiger partial charge in [0.2, 0.25) is 0 Å². The lowest BCUT2D eigenvalue weighted by molar-refractivity contribution is 0.0313. The molecule has 0 aliphatic carbocycles. The van der Waals surface area contributed by atoms with Gasteiger partial charge in [0.05, 0.1) is 19.8 Å². The topological polar surface area (TPSA) is 27.7 Å². The van der Waals surface area contributed by atoms with E-state index in [0.717, 1.165) is 0 Å². The number of rotatable bonds is 7. The minimum Gasteiger partial charge on any atom is -0.391 e. The summed E-state index contributed by atoms with van der Waals surface area (Å²) in [7, 11) is 8.48. The van der Waals surface area contributed by atoms with Gasteiger partial charge in [-0.05, 0) is 0 Å². The van der Waals surface area contributed by atoms with Crippen LogP contribution < -0.4 is 0 Å². The quantitative estimate of drug-likeness (QED) is 0.489. The molecule has 0 rings (SSSR count). The van der Waals surface area contributed by atoms with E-state index in [0.29, 0.717) is 19.8 Å². The zero-order valence-electron chi connectivity index (χ0n) is 7.21. The Kier molecular flexibility index (Phi) is 8.01. The van der Waals surface area contributed by atoms with Gasteiger partial charge in [-0.15, -0.1) is 0 Å². The van der Waals surface area contributed by atoms with Crippen LogP contribution in [0.3, 0.4) is 0 Å². The van der Waals surface area contributed by atoms with E-state index in [1.807, 2.05) is 0 Å². The molecule has 0 atom stereocenters. The first-order valence-electron chi connectivity index (χ1n) is 3.60. The Morgan fingerprint density at radius 3 is 2.00 bits per heavy atom. The molecule has 0 fully saturated rings. The van der Waals surface area contributed by atoms with Crippen LogP contribution >= 0.6 is 0 Å². The second-order valence-electron chi connectivity index (χ2n) is 2.31. The minimum atomic E-state index is 0.254. The van der Waals surface area contributed by atoms with Gasteiger partial charge >= 0.3 is 0 Å². The number of ether oxygens (including phenoxy) is 3. The van der Waals surface area contributed by atoms with Crippen molar-refractivity contribution in [3.63, 3.8) is 0 Å². The third kappa shape index (κ3) is 6.35. The molecule has 0 aliphatic rings. The fourth-order valence-corrected chi connectivity index (χ4v) is 0.850. The maximum atomic E-state index is 5.17. The lowest BCUT2D eigenvalue weighted by atomic mass is 10.2. The Labute approximate surface area is 69.4 Å². The first-order valence-corrected chi connectivity index (χ1v) is 3.60. The summed E-state index contributed by atoms with van der Waals surface area (Å²) in [6.45, 7) is 2.14. The van der Waals surface area contributed by atoms with Gasteiger partial charge in [0.1, 0.15) is 7.85 Å². The summed E-state index contributed by atoms with van der Waals surface area (Å²) in [5.74, 6) is 0.286. The molecule has 0 saturated heterocycles. The average molecular weight is 158 g/mol. The van der Waals surface area contributed by atoms with Crippen molar-refractivity contribution in [1.82, 2.24) is 0 Å². The molecule has 0 aromatic rings. The summed E-state index contributed by atoms with van der Waals surface area (Å²) in [6, 6.07) is 0. The van der Waals surface area contributed by atoms with Crippen molar-refractivity contribution in [3.05, 3.63) is 0 Å². The van der Waals surface area contributed by atoms with E-state index in [9.17, 15) is 0 Å². The lowest BCUT2D eigenvalue weighted by Crippen LogP contribution is -2.20. The van der Waals surface area contributed by atoms with E-state index in [1.54, 1.807) is 14.2 Å². The Hall–Kier alpha value is -0.0551. The van der Waals surface area contributed by atoms with Gasteiger partial charge in [-0.25, -0.2) is 0 Å². The summed E-state index contributed by atoms with van der Waals surface area (Å²) in [4.78, 5) is 0. The van der Waals surface area contributed by atoms with Crippen molar-refractivity contribution in [2.75, 3.05) is 40.5 Å². The lowest BCUT2D eigenvalue weighted by Gasteiger charge is -2.14. The van der Waals surface area contributed by atoms with Crippen LogP contribution in [0.5, 0.6) is 0 Å². The summed E-state index contributed by atoms with van der Waals surface area (Å²) in [5.41, 5.74) is 0. The molecule has 0 bridgehead atoms. The molecule has 0 amide bonds. The van der Waals surface area contributed by atoms with Crippen molar-refractivity contribution >= 4 is 7.85 Å². The van der Waals surface area contributed by atoms with Crippen LogP contribution in [-0.4, -0.2) is 48.4 Å². The summed E-state index contributed by atoms with van der Waals surface area (Å²) >= 11 is 0. The molecule has 3 nitrogen and oxygen atoms in total. The average Bonchev–Trinajstić information content (AvgIpc) is 2.01. The van der Waals surface area contributed by atoms with Crippen LogP contribution in [0, 0.1) is 5.92 Å². The number of methoxy groups -OCH3 is 2. The predicted molar refractivity (Wildman–Crippen MR) is 43.8 cm³/mol. The molecular formula is C7H15BO3.